The molecule has 1 aliphatic rings. The third kappa shape index (κ3) is 2.87. The van der Waals surface area contributed by atoms with E-state index in [1.807, 2.05) is 24.3 Å². The Labute approximate surface area is 109 Å². The van der Waals surface area contributed by atoms with Crippen LogP contribution in [0.15, 0.2) is 24.3 Å². The summed E-state index contributed by atoms with van der Waals surface area (Å²) < 4.78 is 5.97. The van der Waals surface area contributed by atoms with Crippen LogP contribution in [0.2, 0.25) is 0 Å². The van der Waals surface area contributed by atoms with Crippen molar-refractivity contribution in [2.45, 2.75) is 18.9 Å². The predicted molar refractivity (Wildman–Crippen MR) is 71.3 cm³/mol. The number of benzene rings is 1. The van der Waals surface area contributed by atoms with Crippen molar-refractivity contribution in [1.82, 2.24) is 0 Å². The third-order valence-corrected chi connectivity index (χ3v) is 3.37. The van der Waals surface area contributed by atoms with Gasteiger partial charge in [0.1, 0.15) is 6.04 Å². The summed E-state index contributed by atoms with van der Waals surface area (Å²) in [5.41, 5.74) is 0.981. The Kier molecular flexibility index (Phi) is 3.68. The number of carbonyl (C=O) groups is 1. The van der Waals surface area contributed by atoms with Crippen molar-refractivity contribution in [2.24, 2.45) is 5.92 Å². The van der Waals surface area contributed by atoms with Gasteiger partial charge in [-0.3, -0.25) is 0 Å². The largest absolute Gasteiger partial charge is 0.467 e. The lowest BCUT2D eigenvalue weighted by Gasteiger charge is -2.17. The fourth-order valence-electron chi connectivity index (χ4n) is 1.68. The van der Waals surface area contributed by atoms with Gasteiger partial charge in [-0.15, -0.1) is 0 Å². The Hall–Kier alpha value is -0.780. The Bertz CT molecular complexity index is 390. The fourth-order valence-corrected chi connectivity index (χ4v) is 2.23. The van der Waals surface area contributed by atoms with Crippen LogP contribution in [-0.4, -0.2) is 19.1 Å². The summed E-state index contributed by atoms with van der Waals surface area (Å²) in [6.07, 6.45) is 2.22. The summed E-state index contributed by atoms with van der Waals surface area (Å²) in [4.78, 5) is 11.6. The average Bonchev–Trinajstić information content (AvgIpc) is 3.09. The van der Waals surface area contributed by atoms with E-state index in [9.17, 15) is 4.79 Å². The van der Waals surface area contributed by atoms with E-state index in [2.05, 4.69) is 27.9 Å². The molecule has 4 heteroatoms. The van der Waals surface area contributed by atoms with Gasteiger partial charge in [-0.25, -0.2) is 4.79 Å². The van der Waals surface area contributed by atoms with Crippen LogP contribution < -0.4 is 5.32 Å². The normalized spacial score (nSPS) is 16.6. The summed E-state index contributed by atoms with van der Waals surface area (Å²) in [5.74, 6) is 0.270. The van der Waals surface area contributed by atoms with Gasteiger partial charge >= 0.3 is 5.97 Å². The third-order valence-electron chi connectivity index (χ3n) is 2.70. The second-order valence-corrected chi connectivity index (χ2v) is 5.24. The van der Waals surface area contributed by atoms with Crippen molar-refractivity contribution in [3.63, 3.8) is 0 Å². The van der Waals surface area contributed by atoms with Crippen molar-refractivity contribution in [3.8, 4) is 0 Å². The van der Waals surface area contributed by atoms with Crippen LogP contribution >= 0.6 is 22.6 Å². The van der Waals surface area contributed by atoms with E-state index < -0.39 is 0 Å². The van der Waals surface area contributed by atoms with Gasteiger partial charge in [-0.2, -0.15) is 0 Å². The van der Waals surface area contributed by atoms with E-state index in [-0.39, 0.29) is 12.0 Å². The van der Waals surface area contributed by atoms with Crippen LogP contribution in [-0.2, 0) is 9.53 Å². The molecular formula is C12H14INO2. The van der Waals surface area contributed by atoms with Crippen LogP contribution in [0.4, 0.5) is 5.69 Å². The van der Waals surface area contributed by atoms with E-state index in [1.54, 1.807) is 0 Å². The van der Waals surface area contributed by atoms with Crippen LogP contribution in [0.1, 0.15) is 12.8 Å². The molecule has 16 heavy (non-hydrogen) atoms. The number of halogens is 1. The molecule has 0 bridgehead atoms. The first-order chi connectivity index (χ1) is 7.70. The van der Waals surface area contributed by atoms with Crippen LogP contribution in [0, 0.1) is 9.49 Å². The maximum absolute atomic E-state index is 11.6. The van der Waals surface area contributed by atoms with Gasteiger partial charge in [0, 0.05) is 9.26 Å². The van der Waals surface area contributed by atoms with E-state index in [4.69, 9.17) is 4.74 Å². The number of hydrogen-bond acceptors (Lipinski definition) is 3. The zero-order valence-electron chi connectivity index (χ0n) is 9.07. The van der Waals surface area contributed by atoms with Gasteiger partial charge in [0.25, 0.3) is 0 Å². The van der Waals surface area contributed by atoms with E-state index in [1.165, 1.54) is 7.11 Å². The Balaban J connectivity index is 2.08. The molecule has 1 N–H and O–H groups in total. The molecule has 0 aliphatic heterocycles. The summed E-state index contributed by atoms with van der Waals surface area (Å²) in [6, 6.07) is 7.81. The first-order valence-electron chi connectivity index (χ1n) is 5.30. The Morgan fingerprint density at radius 1 is 1.56 bits per heavy atom. The minimum absolute atomic E-state index is 0.165. The Morgan fingerprint density at radius 2 is 2.31 bits per heavy atom. The second kappa shape index (κ2) is 5.03. The SMILES string of the molecule is COC(=O)C(Nc1cccc(I)c1)C1CC1. The van der Waals surface area contributed by atoms with Crippen molar-refractivity contribution in [3.05, 3.63) is 27.8 Å². The second-order valence-electron chi connectivity index (χ2n) is 3.99. The minimum atomic E-state index is -0.191. The molecular weight excluding hydrogens is 317 g/mol. The van der Waals surface area contributed by atoms with Crippen LogP contribution in [0.3, 0.4) is 0 Å². The number of nitrogens with one attached hydrogen (secondary N) is 1. The molecule has 0 spiro atoms. The molecule has 0 heterocycles. The summed E-state index contributed by atoms with van der Waals surface area (Å²) in [5, 5.41) is 3.25. The number of rotatable bonds is 4. The zero-order chi connectivity index (χ0) is 11.5. The molecule has 1 atom stereocenters. The standard InChI is InChI=1S/C12H14INO2/c1-16-12(15)11(8-5-6-8)14-10-4-2-3-9(13)7-10/h2-4,7-8,11,14H,5-6H2,1H3. The number of hydrogen-bond donors (Lipinski definition) is 1. The number of ether oxygens (including phenoxy) is 1. The topological polar surface area (TPSA) is 38.3 Å². The molecule has 1 aliphatic carbocycles. The first-order valence-corrected chi connectivity index (χ1v) is 6.38. The molecule has 1 unspecified atom stereocenters. The van der Waals surface area contributed by atoms with Gasteiger partial charge in [0.2, 0.25) is 0 Å². The Morgan fingerprint density at radius 3 is 2.88 bits per heavy atom. The quantitative estimate of drug-likeness (QED) is 0.681. The minimum Gasteiger partial charge on any atom is -0.467 e. The number of anilines is 1. The summed E-state index contributed by atoms with van der Waals surface area (Å²) in [7, 11) is 1.44. The molecule has 0 aromatic heterocycles. The molecule has 86 valence electrons. The van der Waals surface area contributed by atoms with Crippen molar-refractivity contribution >= 4 is 34.2 Å². The monoisotopic (exact) mass is 331 g/mol. The van der Waals surface area contributed by atoms with E-state index in [0.717, 1.165) is 22.1 Å². The number of esters is 1. The van der Waals surface area contributed by atoms with Crippen molar-refractivity contribution in [2.75, 3.05) is 12.4 Å². The summed E-state index contributed by atoms with van der Waals surface area (Å²) >= 11 is 2.26. The van der Waals surface area contributed by atoms with Gasteiger partial charge in [0.05, 0.1) is 7.11 Å². The maximum atomic E-state index is 11.6. The van der Waals surface area contributed by atoms with Crippen LogP contribution in [0.25, 0.3) is 0 Å². The lowest BCUT2D eigenvalue weighted by molar-refractivity contribution is -0.142. The fraction of sp³-hybridized carbons (Fsp3) is 0.417. The molecule has 0 radical (unpaired) electrons. The smallest absolute Gasteiger partial charge is 0.328 e. The summed E-state index contributed by atoms with van der Waals surface area (Å²) in [6.45, 7) is 0. The lowest BCUT2D eigenvalue weighted by atomic mass is 10.1. The van der Waals surface area contributed by atoms with Crippen molar-refractivity contribution < 1.29 is 9.53 Å². The van der Waals surface area contributed by atoms with Crippen LogP contribution in [0.5, 0.6) is 0 Å². The molecule has 1 saturated carbocycles. The highest BCUT2D eigenvalue weighted by molar-refractivity contribution is 14.1. The molecule has 1 fully saturated rings. The molecule has 0 amide bonds. The van der Waals surface area contributed by atoms with E-state index in [0.29, 0.717) is 5.92 Å². The highest BCUT2D eigenvalue weighted by atomic mass is 127. The number of methoxy groups -OCH3 is 1. The predicted octanol–water partition coefficient (Wildman–Crippen LogP) is 2.65. The zero-order valence-corrected chi connectivity index (χ0v) is 11.2. The molecule has 0 saturated heterocycles. The lowest BCUT2D eigenvalue weighted by Crippen LogP contribution is -2.32. The molecule has 3 nitrogen and oxygen atoms in total. The molecule has 2 rings (SSSR count). The highest BCUT2D eigenvalue weighted by Gasteiger charge is 2.36. The molecule has 1 aromatic rings. The van der Waals surface area contributed by atoms with Gasteiger partial charge in [-0.1, -0.05) is 6.07 Å². The highest BCUT2D eigenvalue weighted by Crippen LogP contribution is 2.34. The van der Waals surface area contributed by atoms with Gasteiger partial charge in [0.15, 0.2) is 0 Å². The van der Waals surface area contributed by atoms with Crippen molar-refractivity contribution in [1.29, 1.82) is 0 Å². The van der Waals surface area contributed by atoms with Gasteiger partial charge < -0.3 is 10.1 Å². The van der Waals surface area contributed by atoms with E-state index >= 15 is 0 Å². The first kappa shape index (κ1) is 11.7. The molecule has 1 aromatic carbocycles. The number of carbonyl (C=O) groups excluding carboxylic acids is 1. The van der Waals surface area contributed by atoms with Gasteiger partial charge in [-0.05, 0) is 59.5 Å². The maximum Gasteiger partial charge on any atom is 0.328 e. The average molecular weight is 331 g/mol.